The number of hydrogen-bond donors (Lipinski definition) is 2. The standard InChI is InChI=1S/C13H16ClN3O3/c1-7-9(12(14)17(2)16-7)5-6-10(18)15-11(13(19)20)8-3-4-8/h5-6,8,11H,3-4H2,1-2H3,(H,15,18)(H,19,20). The van der Waals surface area contributed by atoms with Gasteiger partial charge in [-0.3, -0.25) is 9.48 Å². The molecule has 6 nitrogen and oxygen atoms in total. The summed E-state index contributed by atoms with van der Waals surface area (Å²) in [4.78, 5) is 22.8. The molecule has 2 N–H and O–H groups in total. The van der Waals surface area contributed by atoms with Gasteiger partial charge in [-0.05, 0) is 31.8 Å². The average Bonchev–Trinajstić information content (AvgIpc) is 3.15. The van der Waals surface area contributed by atoms with Crippen molar-refractivity contribution in [1.82, 2.24) is 15.1 Å². The zero-order valence-electron chi connectivity index (χ0n) is 11.3. The number of carboxylic acids is 1. The fraction of sp³-hybridized carbons (Fsp3) is 0.462. The van der Waals surface area contributed by atoms with Crippen molar-refractivity contribution >= 4 is 29.6 Å². The Morgan fingerprint density at radius 1 is 1.55 bits per heavy atom. The third-order valence-electron chi connectivity index (χ3n) is 3.25. The number of carbonyl (C=O) groups is 2. The van der Waals surface area contributed by atoms with Gasteiger partial charge in [0.15, 0.2) is 0 Å². The summed E-state index contributed by atoms with van der Waals surface area (Å²) < 4.78 is 1.51. The quantitative estimate of drug-likeness (QED) is 0.804. The Hall–Kier alpha value is -1.82. The van der Waals surface area contributed by atoms with Crippen LogP contribution in [0.5, 0.6) is 0 Å². The van der Waals surface area contributed by atoms with Crippen molar-refractivity contribution in [3.8, 4) is 0 Å². The van der Waals surface area contributed by atoms with E-state index >= 15 is 0 Å². The molecule has 1 saturated carbocycles. The Morgan fingerprint density at radius 3 is 2.65 bits per heavy atom. The van der Waals surface area contributed by atoms with E-state index in [-0.39, 0.29) is 5.92 Å². The Bertz CT molecular complexity index is 576. The van der Waals surface area contributed by atoms with Crippen LogP contribution in [0.1, 0.15) is 24.1 Å². The van der Waals surface area contributed by atoms with Crippen LogP contribution in [-0.2, 0) is 16.6 Å². The lowest BCUT2D eigenvalue weighted by molar-refractivity contribution is -0.141. The smallest absolute Gasteiger partial charge is 0.326 e. The first-order valence-electron chi connectivity index (χ1n) is 6.30. The Labute approximate surface area is 121 Å². The van der Waals surface area contributed by atoms with Gasteiger partial charge in [0.25, 0.3) is 0 Å². The number of carboxylic acid groups (broad SMARTS) is 1. The average molecular weight is 298 g/mol. The SMILES string of the molecule is Cc1nn(C)c(Cl)c1C=CC(=O)NC(C(=O)O)C1CC1. The van der Waals surface area contributed by atoms with Gasteiger partial charge in [-0.1, -0.05) is 11.6 Å². The second-order valence-corrected chi connectivity index (χ2v) is 5.27. The van der Waals surface area contributed by atoms with Crippen molar-refractivity contribution in [2.45, 2.75) is 25.8 Å². The van der Waals surface area contributed by atoms with Crippen LogP contribution in [0.15, 0.2) is 6.08 Å². The molecule has 0 aliphatic heterocycles. The first-order chi connectivity index (χ1) is 9.40. The zero-order valence-corrected chi connectivity index (χ0v) is 12.0. The molecule has 1 aromatic rings. The number of aryl methyl sites for hydroxylation is 2. The number of aromatic nitrogens is 2. The van der Waals surface area contributed by atoms with Crippen molar-refractivity contribution in [3.63, 3.8) is 0 Å². The fourth-order valence-corrected chi connectivity index (χ4v) is 2.24. The lowest BCUT2D eigenvalue weighted by Gasteiger charge is -2.11. The van der Waals surface area contributed by atoms with E-state index in [0.717, 1.165) is 12.8 Å². The molecule has 1 aromatic heterocycles. The lowest BCUT2D eigenvalue weighted by atomic mass is 10.2. The number of amides is 1. The van der Waals surface area contributed by atoms with Crippen molar-refractivity contribution in [2.24, 2.45) is 13.0 Å². The minimum Gasteiger partial charge on any atom is -0.480 e. The van der Waals surface area contributed by atoms with E-state index in [9.17, 15) is 9.59 Å². The summed E-state index contributed by atoms with van der Waals surface area (Å²) in [7, 11) is 1.71. The molecule has 1 fully saturated rings. The predicted octanol–water partition coefficient (Wildman–Crippen LogP) is 1.37. The maximum atomic E-state index is 11.8. The molecule has 0 spiro atoms. The molecule has 2 rings (SSSR count). The molecular weight excluding hydrogens is 282 g/mol. The van der Waals surface area contributed by atoms with Crippen LogP contribution in [0, 0.1) is 12.8 Å². The molecule has 1 heterocycles. The molecule has 0 aromatic carbocycles. The summed E-state index contributed by atoms with van der Waals surface area (Å²) in [5.41, 5.74) is 1.36. The Morgan fingerprint density at radius 2 is 2.20 bits per heavy atom. The first kappa shape index (κ1) is 14.6. The van der Waals surface area contributed by atoms with Gasteiger partial charge in [-0.25, -0.2) is 4.79 Å². The van der Waals surface area contributed by atoms with E-state index in [0.29, 0.717) is 16.4 Å². The van der Waals surface area contributed by atoms with Crippen molar-refractivity contribution in [3.05, 3.63) is 22.5 Å². The van der Waals surface area contributed by atoms with Crippen LogP contribution < -0.4 is 5.32 Å². The van der Waals surface area contributed by atoms with E-state index < -0.39 is 17.9 Å². The summed E-state index contributed by atoms with van der Waals surface area (Å²) in [6.45, 7) is 1.79. The van der Waals surface area contributed by atoms with Gasteiger partial charge in [-0.15, -0.1) is 0 Å². The molecule has 20 heavy (non-hydrogen) atoms. The molecule has 1 atom stereocenters. The van der Waals surface area contributed by atoms with E-state index in [1.807, 2.05) is 0 Å². The Kier molecular flexibility index (Phi) is 4.13. The molecule has 1 aliphatic carbocycles. The van der Waals surface area contributed by atoms with E-state index in [1.54, 1.807) is 20.0 Å². The molecule has 108 valence electrons. The van der Waals surface area contributed by atoms with Gasteiger partial charge in [0.2, 0.25) is 5.91 Å². The third-order valence-corrected chi connectivity index (χ3v) is 3.70. The predicted molar refractivity (Wildman–Crippen MR) is 74.3 cm³/mol. The Balaban J connectivity index is 2.03. The van der Waals surface area contributed by atoms with E-state index in [4.69, 9.17) is 16.7 Å². The molecule has 1 unspecified atom stereocenters. The molecular formula is C13H16ClN3O3. The summed E-state index contributed by atoms with van der Waals surface area (Å²) in [6.07, 6.45) is 4.52. The number of nitrogens with zero attached hydrogens (tertiary/aromatic N) is 2. The monoisotopic (exact) mass is 297 g/mol. The van der Waals surface area contributed by atoms with Gasteiger partial charge in [0.1, 0.15) is 11.2 Å². The van der Waals surface area contributed by atoms with Gasteiger partial charge in [0.05, 0.1) is 5.69 Å². The van der Waals surface area contributed by atoms with Crippen LogP contribution >= 0.6 is 11.6 Å². The lowest BCUT2D eigenvalue weighted by Crippen LogP contribution is -2.41. The van der Waals surface area contributed by atoms with Crippen LogP contribution in [0.4, 0.5) is 0 Å². The number of halogens is 1. The molecule has 1 aliphatic rings. The van der Waals surface area contributed by atoms with Gasteiger partial charge in [0, 0.05) is 18.7 Å². The van der Waals surface area contributed by atoms with E-state index in [2.05, 4.69) is 10.4 Å². The van der Waals surface area contributed by atoms with Gasteiger partial charge in [-0.2, -0.15) is 5.10 Å². The highest BCUT2D eigenvalue weighted by molar-refractivity contribution is 6.31. The van der Waals surface area contributed by atoms with Crippen molar-refractivity contribution in [1.29, 1.82) is 0 Å². The molecule has 7 heteroatoms. The first-order valence-corrected chi connectivity index (χ1v) is 6.68. The maximum absolute atomic E-state index is 11.8. The minimum absolute atomic E-state index is 0.0496. The second-order valence-electron chi connectivity index (χ2n) is 4.91. The number of nitrogens with one attached hydrogen (secondary N) is 1. The third kappa shape index (κ3) is 3.19. The summed E-state index contributed by atoms with van der Waals surface area (Å²) in [6, 6.07) is -0.808. The van der Waals surface area contributed by atoms with Crippen LogP contribution in [0.3, 0.4) is 0 Å². The highest BCUT2D eigenvalue weighted by Gasteiger charge is 2.36. The minimum atomic E-state index is -0.996. The summed E-state index contributed by atoms with van der Waals surface area (Å²) in [5, 5.41) is 16.1. The number of hydrogen-bond acceptors (Lipinski definition) is 3. The second kappa shape index (κ2) is 5.66. The molecule has 0 saturated heterocycles. The van der Waals surface area contributed by atoms with Gasteiger partial charge >= 0.3 is 5.97 Å². The number of rotatable bonds is 5. The number of carbonyl (C=O) groups excluding carboxylic acids is 1. The van der Waals surface area contributed by atoms with Crippen LogP contribution in [0.2, 0.25) is 5.15 Å². The van der Waals surface area contributed by atoms with Gasteiger partial charge < -0.3 is 10.4 Å². The molecule has 0 bridgehead atoms. The normalized spacial score (nSPS) is 16.4. The summed E-state index contributed by atoms with van der Waals surface area (Å²) >= 11 is 6.04. The molecule has 0 radical (unpaired) electrons. The topological polar surface area (TPSA) is 84.2 Å². The highest BCUT2D eigenvalue weighted by Crippen LogP contribution is 2.32. The summed E-state index contributed by atoms with van der Waals surface area (Å²) in [5.74, 6) is -1.39. The fourth-order valence-electron chi connectivity index (χ4n) is 2.01. The van der Waals surface area contributed by atoms with Crippen LogP contribution in [-0.4, -0.2) is 32.8 Å². The molecule has 1 amide bonds. The largest absolute Gasteiger partial charge is 0.480 e. The van der Waals surface area contributed by atoms with Crippen LogP contribution in [0.25, 0.3) is 6.08 Å². The maximum Gasteiger partial charge on any atom is 0.326 e. The zero-order chi connectivity index (χ0) is 14.9. The van der Waals surface area contributed by atoms with Crippen molar-refractivity contribution in [2.75, 3.05) is 0 Å². The van der Waals surface area contributed by atoms with E-state index in [1.165, 1.54) is 10.8 Å². The highest BCUT2D eigenvalue weighted by atomic mass is 35.5. The number of aliphatic carboxylic acids is 1. The van der Waals surface area contributed by atoms with Crippen molar-refractivity contribution < 1.29 is 14.7 Å².